The van der Waals surface area contributed by atoms with Crippen molar-refractivity contribution < 1.29 is 4.79 Å². The number of aryl methyl sites for hydroxylation is 1. The molecule has 0 aliphatic rings. The lowest BCUT2D eigenvalue weighted by Crippen LogP contribution is -2.45. The maximum atomic E-state index is 12.6. The van der Waals surface area contributed by atoms with Gasteiger partial charge in [0.1, 0.15) is 0 Å². The Bertz CT molecular complexity index is 644. The van der Waals surface area contributed by atoms with Crippen LogP contribution >= 0.6 is 27.5 Å². The van der Waals surface area contributed by atoms with E-state index in [2.05, 4.69) is 21.2 Å². The summed E-state index contributed by atoms with van der Waals surface area (Å²) in [4.78, 5) is 12.6. The first kappa shape index (κ1) is 16.1. The summed E-state index contributed by atoms with van der Waals surface area (Å²) < 4.78 is 0.774. The molecule has 2 nitrogen and oxygen atoms in total. The van der Waals surface area contributed by atoms with Gasteiger partial charge in [-0.05, 0) is 47.5 Å². The van der Waals surface area contributed by atoms with Gasteiger partial charge in [-0.25, -0.2) is 0 Å². The molecule has 0 aromatic heterocycles. The van der Waals surface area contributed by atoms with E-state index in [1.807, 2.05) is 62.4 Å². The predicted octanol–water partition coefficient (Wildman–Crippen LogP) is 4.64. The Morgan fingerprint density at radius 1 is 1.24 bits per heavy atom. The van der Waals surface area contributed by atoms with Crippen LogP contribution in [0.1, 0.15) is 28.4 Å². The minimum Gasteiger partial charge on any atom is -0.342 e. The molecule has 0 bridgehead atoms. The second-order valence-corrected chi connectivity index (χ2v) is 6.39. The Morgan fingerprint density at radius 2 is 1.90 bits per heavy atom. The van der Waals surface area contributed by atoms with Gasteiger partial charge < -0.3 is 5.32 Å². The number of nitrogens with one attached hydrogen (secondary N) is 1. The summed E-state index contributed by atoms with van der Waals surface area (Å²) in [7, 11) is 0. The maximum Gasteiger partial charge on any atom is 0.253 e. The fourth-order valence-electron chi connectivity index (χ4n) is 2.12. The van der Waals surface area contributed by atoms with Crippen molar-refractivity contribution >= 4 is 33.4 Å². The highest BCUT2D eigenvalue weighted by atomic mass is 79.9. The molecular formula is C17H17BrClNO. The predicted molar refractivity (Wildman–Crippen MR) is 90.9 cm³/mol. The third-order valence-corrected chi connectivity index (χ3v) is 4.66. The van der Waals surface area contributed by atoms with Gasteiger partial charge in [0.15, 0.2) is 0 Å². The molecule has 2 aromatic carbocycles. The summed E-state index contributed by atoms with van der Waals surface area (Å²) in [6, 6.07) is 15.4. The number of alkyl halides is 1. The van der Waals surface area contributed by atoms with Crippen LogP contribution in [-0.4, -0.2) is 11.8 Å². The van der Waals surface area contributed by atoms with Crippen LogP contribution in [0.4, 0.5) is 0 Å². The van der Waals surface area contributed by atoms with Crippen LogP contribution in [0.3, 0.4) is 0 Å². The summed E-state index contributed by atoms with van der Waals surface area (Å²) in [5.74, 6) is 0.157. The summed E-state index contributed by atoms with van der Waals surface area (Å²) in [6.07, 6.45) is 0. The SMILES string of the molecule is Cc1ccc(Br)c(C(=O)NC(C)(CCl)c2ccccc2)c1. The fraction of sp³-hybridized carbons (Fsp3) is 0.235. The highest BCUT2D eigenvalue weighted by molar-refractivity contribution is 9.10. The molecule has 21 heavy (non-hydrogen) atoms. The van der Waals surface area contributed by atoms with Gasteiger partial charge in [-0.1, -0.05) is 42.0 Å². The van der Waals surface area contributed by atoms with Crippen molar-refractivity contribution in [2.75, 3.05) is 5.88 Å². The van der Waals surface area contributed by atoms with E-state index in [9.17, 15) is 4.79 Å². The van der Waals surface area contributed by atoms with Gasteiger partial charge in [-0.15, -0.1) is 11.6 Å². The van der Waals surface area contributed by atoms with Gasteiger partial charge in [0.2, 0.25) is 0 Å². The van der Waals surface area contributed by atoms with Gasteiger partial charge in [-0.2, -0.15) is 0 Å². The maximum absolute atomic E-state index is 12.6. The standard InChI is InChI=1S/C17H17BrClNO/c1-12-8-9-15(18)14(10-12)16(21)20-17(2,11-19)13-6-4-3-5-7-13/h3-10H,11H2,1-2H3,(H,20,21). The molecule has 0 radical (unpaired) electrons. The van der Waals surface area contributed by atoms with Crippen LogP contribution in [-0.2, 0) is 5.54 Å². The normalized spacial score (nSPS) is 13.5. The van der Waals surface area contributed by atoms with E-state index in [-0.39, 0.29) is 5.91 Å². The number of carbonyl (C=O) groups excluding carboxylic acids is 1. The molecule has 1 unspecified atom stereocenters. The Hall–Kier alpha value is -1.32. The quantitative estimate of drug-likeness (QED) is 0.785. The van der Waals surface area contributed by atoms with Crippen molar-refractivity contribution in [3.05, 3.63) is 69.7 Å². The summed E-state index contributed by atoms with van der Waals surface area (Å²) >= 11 is 9.54. The summed E-state index contributed by atoms with van der Waals surface area (Å²) in [5, 5.41) is 3.04. The van der Waals surface area contributed by atoms with E-state index in [1.165, 1.54) is 0 Å². The second kappa shape index (κ2) is 6.63. The van der Waals surface area contributed by atoms with Crippen LogP contribution in [0.25, 0.3) is 0 Å². The van der Waals surface area contributed by atoms with Crippen LogP contribution in [0.15, 0.2) is 53.0 Å². The number of amides is 1. The van der Waals surface area contributed by atoms with Crippen LogP contribution in [0.5, 0.6) is 0 Å². The van der Waals surface area contributed by atoms with E-state index in [1.54, 1.807) is 0 Å². The van der Waals surface area contributed by atoms with Crippen LogP contribution < -0.4 is 5.32 Å². The molecule has 2 aromatic rings. The lowest BCUT2D eigenvalue weighted by Gasteiger charge is -2.29. The number of benzene rings is 2. The molecule has 0 saturated carbocycles. The van der Waals surface area contributed by atoms with Crippen molar-refractivity contribution in [2.45, 2.75) is 19.4 Å². The Labute approximate surface area is 138 Å². The fourth-order valence-corrected chi connectivity index (χ4v) is 2.77. The molecule has 0 aliphatic heterocycles. The smallest absolute Gasteiger partial charge is 0.253 e. The molecular weight excluding hydrogens is 350 g/mol. The average Bonchev–Trinajstić information content (AvgIpc) is 2.50. The average molecular weight is 367 g/mol. The van der Waals surface area contributed by atoms with Crippen molar-refractivity contribution in [3.8, 4) is 0 Å². The molecule has 1 N–H and O–H groups in total. The molecule has 1 amide bonds. The topological polar surface area (TPSA) is 29.1 Å². The van der Waals surface area contributed by atoms with Crippen molar-refractivity contribution in [1.29, 1.82) is 0 Å². The first-order valence-electron chi connectivity index (χ1n) is 6.66. The zero-order valence-corrected chi connectivity index (χ0v) is 14.3. The first-order valence-corrected chi connectivity index (χ1v) is 7.99. The van der Waals surface area contributed by atoms with E-state index in [4.69, 9.17) is 11.6 Å². The third kappa shape index (κ3) is 3.66. The molecule has 1 atom stereocenters. The second-order valence-electron chi connectivity index (χ2n) is 5.27. The van der Waals surface area contributed by atoms with Gasteiger partial charge in [0.25, 0.3) is 5.91 Å². The summed E-state index contributed by atoms with van der Waals surface area (Å²) in [6.45, 7) is 3.89. The minimum atomic E-state index is -0.608. The zero-order valence-electron chi connectivity index (χ0n) is 12.0. The zero-order chi connectivity index (χ0) is 15.5. The van der Waals surface area contributed by atoms with E-state index in [0.29, 0.717) is 11.4 Å². The number of carbonyl (C=O) groups is 1. The number of rotatable bonds is 4. The lowest BCUT2D eigenvalue weighted by molar-refractivity contribution is 0.0912. The number of hydrogen-bond donors (Lipinski definition) is 1. The van der Waals surface area contributed by atoms with E-state index in [0.717, 1.165) is 15.6 Å². The molecule has 0 fully saturated rings. The first-order chi connectivity index (χ1) is 9.96. The monoisotopic (exact) mass is 365 g/mol. The van der Waals surface area contributed by atoms with Gasteiger partial charge >= 0.3 is 0 Å². The molecule has 4 heteroatoms. The van der Waals surface area contributed by atoms with Crippen molar-refractivity contribution in [1.82, 2.24) is 5.32 Å². The Morgan fingerprint density at radius 3 is 2.52 bits per heavy atom. The Balaban J connectivity index is 2.30. The van der Waals surface area contributed by atoms with Crippen LogP contribution in [0, 0.1) is 6.92 Å². The third-order valence-electron chi connectivity index (χ3n) is 3.43. The summed E-state index contributed by atoms with van der Waals surface area (Å²) in [5.41, 5.74) is 2.03. The lowest BCUT2D eigenvalue weighted by atomic mass is 9.93. The molecule has 0 spiro atoms. The van der Waals surface area contributed by atoms with Crippen molar-refractivity contribution in [2.24, 2.45) is 0 Å². The molecule has 0 heterocycles. The largest absolute Gasteiger partial charge is 0.342 e. The van der Waals surface area contributed by atoms with Crippen LogP contribution in [0.2, 0.25) is 0 Å². The van der Waals surface area contributed by atoms with Gasteiger partial charge in [0.05, 0.1) is 11.1 Å². The minimum absolute atomic E-state index is 0.141. The molecule has 0 aliphatic carbocycles. The van der Waals surface area contributed by atoms with Crippen molar-refractivity contribution in [3.63, 3.8) is 0 Å². The van der Waals surface area contributed by atoms with Gasteiger partial charge in [0, 0.05) is 10.4 Å². The van der Waals surface area contributed by atoms with E-state index >= 15 is 0 Å². The Kier molecular flexibility index (Phi) is 5.07. The number of halogens is 2. The van der Waals surface area contributed by atoms with E-state index < -0.39 is 5.54 Å². The molecule has 110 valence electrons. The highest BCUT2D eigenvalue weighted by Gasteiger charge is 2.28. The molecule has 2 rings (SSSR count). The number of hydrogen-bond acceptors (Lipinski definition) is 1. The molecule has 0 saturated heterocycles. The highest BCUT2D eigenvalue weighted by Crippen LogP contribution is 2.24. The van der Waals surface area contributed by atoms with Gasteiger partial charge in [-0.3, -0.25) is 4.79 Å².